The molecule has 0 atom stereocenters. The van der Waals surface area contributed by atoms with E-state index in [1.807, 2.05) is 18.2 Å². The maximum absolute atomic E-state index is 11.8. The van der Waals surface area contributed by atoms with Gasteiger partial charge in [-0.25, -0.2) is 4.79 Å². The van der Waals surface area contributed by atoms with Crippen molar-refractivity contribution in [3.63, 3.8) is 0 Å². The second kappa shape index (κ2) is 6.60. The fourth-order valence-electron chi connectivity index (χ4n) is 2.96. The summed E-state index contributed by atoms with van der Waals surface area (Å²) in [6.45, 7) is 3.57. The van der Waals surface area contributed by atoms with Crippen molar-refractivity contribution in [2.75, 3.05) is 48.8 Å². The van der Waals surface area contributed by atoms with Crippen LogP contribution in [-0.2, 0) is 4.74 Å². The molecular formula is C18H21N3O2. The number of methoxy groups -OCH3 is 1. The Morgan fingerprint density at radius 1 is 0.957 bits per heavy atom. The van der Waals surface area contributed by atoms with Crippen LogP contribution in [0.15, 0.2) is 48.5 Å². The molecule has 2 aromatic rings. The zero-order valence-corrected chi connectivity index (χ0v) is 13.2. The summed E-state index contributed by atoms with van der Waals surface area (Å²) in [5.41, 5.74) is 9.24. The van der Waals surface area contributed by atoms with Crippen LogP contribution in [0.4, 0.5) is 17.1 Å². The molecule has 1 heterocycles. The number of nitrogens with two attached hydrogens (primary N) is 1. The summed E-state index contributed by atoms with van der Waals surface area (Å²) < 4.78 is 4.79. The molecule has 0 aliphatic carbocycles. The topological polar surface area (TPSA) is 58.8 Å². The quantitative estimate of drug-likeness (QED) is 0.696. The predicted molar refractivity (Wildman–Crippen MR) is 93.1 cm³/mol. The van der Waals surface area contributed by atoms with Gasteiger partial charge >= 0.3 is 5.97 Å². The van der Waals surface area contributed by atoms with Gasteiger partial charge in [-0.3, -0.25) is 0 Å². The maximum Gasteiger partial charge on any atom is 0.340 e. The van der Waals surface area contributed by atoms with Gasteiger partial charge < -0.3 is 20.3 Å². The Morgan fingerprint density at radius 3 is 2.26 bits per heavy atom. The van der Waals surface area contributed by atoms with Gasteiger partial charge in [-0.05, 0) is 24.3 Å². The molecule has 3 rings (SSSR count). The molecule has 0 aromatic heterocycles. The highest BCUT2D eigenvalue weighted by Crippen LogP contribution is 2.28. The zero-order valence-electron chi connectivity index (χ0n) is 13.2. The number of benzene rings is 2. The van der Waals surface area contributed by atoms with E-state index < -0.39 is 5.97 Å². The van der Waals surface area contributed by atoms with Crippen molar-refractivity contribution in [3.05, 3.63) is 54.1 Å². The minimum atomic E-state index is -0.396. The Kier molecular flexibility index (Phi) is 4.37. The van der Waals surface area contributed by atoms with E-state index in [1.165, 1.54) is 12.8 Å². The second-order valence-corrected chi connectivity index (χ2v) is 5.54. The monoisotopic (exact) mass is 311 g/mol. The van der Waals surface area contributed by atoms with Crippen molar-refractivity contribution >= 4 is 23.0 Å². The molecule has 0 spiro atoms. The first kappa shape index (κ1) is 15.2. The molecule has 5 heteroatoms. The van der Waals surface area contributed by atoms with Gasteiger partial charge in [0.05, 0.1) is 24.0 Å². The van der Waals surface area contributed by atoms with Crippen molar-refractivity contribution in [1.29, 1.82) is 0 Å². The first-order valence-electron chi connectivity index (χ1n) is 7.72. The van der Waals surface area contributed by atoms with Gasteiger partial charge in [-0.15, -0.1) is 0 Å². The van der Waals surface area contributed by atoms with Crippen LogP contribution in [-0.4, -0.2) is 39.3 Å². The summed E-state index contributed by atoms with van der Waals surface area (Å²) in [5.74, 6) is -0.396. The molecule has 23 heavy (non-hydrogen) atoms. The standard InChI is InChI=1S/C18H21N3O2/c1-23-18(22)15-8-5-9-16(17(15)19)21-12-10-20(11-13-21)14-6-3-2-4-7-14/h2-9H,10-13,19H2,1H3. The summed E-state index contributed by atoms with van der Waals surface area (Å²) in [6.07, 6.45) is 0. The summed E-state index contributed by atoms with van der Waals surface area (Å²) in [6, 6.07) is 15.9. The fourth-order valence-corrected chi connectivity index (χ4v) is 2.96. The average molecular weight is 311 g/mol. The van der Waals surface area contributed by atoms with Crippen LogP contribution in [0.1, 0.15) is 10.4 Å². The smallest absolute Gasteiger partial charge is 0.340 e. The highest BCUT2D eigenvalue weighted by Gasteiger charge is 2.21. The lowest BCUT2D eigenvalue weighted by Gasteiger charge is -2.38. The molecule has 1 aliphatic rings. The second-order valence-electron chi connectivity index (χ2n) is 5.54. The first-order chi connectivity index (χ1) is 11.2. The van der Waals surface area contributed by atoms with E-state index in [2.05, 4.69) is 34.1 Å². The van der Waals surface area contributed by atoms with Crippen molar-refractivity contribution < 1.29 is 9.53 Å². The van der Waals surface area contributed by atoms with Crippen LogP contribution in [0.3, 0.4) is 0 Å². The summed E-state index contributed by atoms with van der Waals surface area (Å²) in [7, 11) is 1.37. The van der Waals surface area contributed by atoms with E-state index in [0.29, 0.717) is 11.3 Å². The largest absolute Gasteiger partial charge is 0.465 e. The van der Waals surface area contributed by atoms with Crippen LogP contribution in [0, 0.1) is 0 Å². The number of piperazine rings is 1. The van der Waals surface area contributed by atoms with Crippen LogP contribution >= 0.6 is 0 Å². The van der Waals surface area contributed by atoms with Crippen LogP contribution in [0.5, 0.6) is 0 Å². The van der Waals surface area contributed by atoms with E-state index in [-0.39, 0.29) is 0 Å². The minimum Gasteiger partial charge on any atom is -0.465 e. The number of hydrogen-bond acceptors (Lipinski definition) is 5. The molecule has 2 aromatic carbocycles. The van der Waals surface area contributed by atoms with E-state index in [0.717, 1.165) is 31.9 Å². The lowest BCUT2D eigenvalue weighted by Crippen LogP contribution is -2.46. The van der Waals surface area contributed by atoms with Crippen molar-refractivity contribution in [2.24, 2.45) is 0 Å². The van der Waals surface area contributed by atoms with Crippen molar-refractivity contribution in [3.8, 4) is 0 Å². The van der Waals surface area contributed by atoms with Gasteiger partial charge in [0.1, 0.15) is 0 Å². The number of carbonyl (C=O) groups is 1. The van der Waals surface area contributed by atoms with Gasteiger partial charge in [-0.1, -0.05) is 24.3 Å². The third-order valence-electron chi connectivity index (χ3n) is 4.23. The minimum absolute atomic E-state index is 0.396. The van der Waals surface area contributed by atoms with Crippen LogP contribution in [0.2, 0.25) is 0 Å². The SMILES string of the molecule is COC(=O)c1cccc(N2CCN(c3ccccc3)CC2)c1N. The third kappa shape index (κ3) is 3.08. The summed E-state index contributed by atoms with van der Waals surface area (Å²) in [5, 5.41) is 0. The number of rotatable bonds is 3. The molecule has 0 bridgehead atoms. The normalized spacial score (nSPS) is 14.7. The highest BCUT2D eigenvalue weighted by atomic mass is 16.5. The Morgan fingerprint density at radius 2 is 1.61 bits per heavy atom. The van der Waals surface area contributed by atoms with Gasteiger partial charge in [0.25, 0.3) is 0 Å². The number of carbonyl (C=O) groups excluding carboxylic acids is 1. The van der Waals surface area contributed by atoms with Gasteiger partial charge in [-0.2, -0.15) is 0 Å². The first-order valence-corrected chi connectivity index (χ1v) is 7.72. The van der Waals surface area contributed by atoms with Gasteiger partial charge in [0.15, 0.2) is 0 Å². The molecule has 1 saturated heterocycles. The molecule has 120 valence electrons. The molecule has 0 unspecified atom stereocenters. The number of para-hydroxylation sites is 2. The van der Waals surface area contributed by atoms with Crippen molar-refractivity contribution in [1.82, 2.24) is 0 Å². The predicted octanol–water partition coefficient (Wildman–Crippen LogP) is 2.38. The number of hydrogen-bond donors (Lipinski definition) is 1. The Labute approximate surface area is 136 Å². The Balaban J connectivity index is 1.74. The van der Waals surface area contributed by atoms with Gasteiger partial charge in [0.2, 0.25) is 0 Å². The lowest BCUT2D eigenvalue weighted by molar-refractivity contribution is 0.0602. The Hall–Kier alpha value is -2.69. The molecule has 2 N–H and O–H groups in total. The number of nitrogen functional groups attached to an aromatic ring is 1. The lowest BCUT2D eigenvalue weighted by atomic mass is 10.1. The highest BCUT2D eigenvalue weighted by molar-refractivity contribution is 5.98. The summed E-state index contributed by atoms with van der Waals surface area (Å²) >= 11 is 0. The fraction of sp³-hybridized carbons (Fsp3) is 0.278. The maximum atomic E-state index is 11.8. The van der Waals surface area contributed by atoms with Crippen LogP contribution in [0.25, 0.3) is 0 Å². The average Bonchev–Trinajstić information content (AvgIpc) is 2.62. The molecule has 0 amide bonds. The molecular weight excluding hydrogens is 290 g/mol. The zero-order chi connectivity index (χ0) is 16.2. The summed E-state index contributed by atoms with van der Waals surface area (Å²) in [4.78, 5) is 16.4. The van der Waals surface area contributed by atoms with Crippen molar-refractivity contribution in [2.45, 2.75) is 0 Å². The Bertz CT molecular complexity index is 680. The number of anilines is 3. The van der Waals surface area contributed by atoms with Gasteiger partial charge in [0, 0.05) is 31.9 Å². The van der Waals surface area contributed by atoms with E-state index >= 15 is 0 Å². The third-order valence-corrected chi connectivity index (χ3v) is 4.23. The number of nitrogens with zero attached hydrogens (tertiary/aromatic N) is 2. The number of ether oxygens (including phenoxy) is 1. The molecule has 5 nitrogen and oxygen atoms in total. The van der Waals surface area contributed by atoms with E-state index in [1.54, 1.807) is 6.07 Å². The molecule has 0 radical (unpaired) electrons. The molecule has 1 aliphatic heterocycles. The van der Waals surface area contributed by atoms with E-state index in [9.17, 15) is 4.79 Å². The molecule has 0 saturated carbocycles. The van der Waals surface area contributed by atoms with Crippen LogP contribution < -0.4 is 15.5 Å². The molecule has 1 fully saturated rings. The number of esters is 1. The van der Waals surface area contributed by atoms with E-state index in [4.69, 9.17) is 10.5 Å².